The van der Waals surface area contributed by atoms with Crippen LogP contribution < -0.4 is 5.32 Å². The van der Waals surface area contributed by atoms with E-state index in [0.717, 1.165) is 10.7 Å². The average molecular weight is 281 g/mol. The average Bonchev–Trinajstić information content (AvgIpc) is 2.78. The highest BCUT2D eigenvalue weighted by Crippen LogP contribution is 2.24. The van der Waals surface area contributed by atoms with Gasteiger partial charge in [-0.15, -0.1) is 11.3 Å². The Labute approximate surface area is 117 Å². The molecule has 0 spiro atoms. The second-order valence-electron chi connectivity index (χ2n) is 5.80. The van der Waals surface area contributed by atoms with Crippen molar-refractivity contribution in [1.29, 1.82) is 0 Å². The molecule has 2 heterocycles. The minimum Gasteiger partial charge on any atom is -0.298 e. The van der Waals surface area contributed by atoms with E-state index in [9.17, 15) is 9.59 Å². The Balaban J connectivity index is 2.14. The number of imide groups is 1. The number of amides is 2. The molecule has 1 N–H and O–H groups in total. The van der Waals surface area contributed by atoms with Gasteiger partial charge in [-0.05, 0) is 6.92 Å². The van der Waals surface area contributed by atoms with Gasteiger partial charge in [0, 0.05) is 10.8 Å². The molecule has 0 saturated carbocycles. The third kappa shape index (κ3) is 3.01. The molecule has 0 aromatic carbocycles. The molecule has 1 fully saturated rings. The summed E-state index contributed by atoms with van der Waals surface area (Å²) in [6, 6.07) is -0.306. The van der Waals surface area contributed by atoms with Crippen LogP contribution in [0.25, 0.3) is 0 Å². The molecule has 1 saturated heterocycles. The Morgan fingerprint density at radius 1 is 1.47 bits per heavy atom. The molecule has 1 aromatic rings. The highest BCUT2D eigenvalue weighted by Gasteiger charge is 2.32. The summed E-state index contributed by atoms with van der Waals surface area (Å²) >= 11 is 1.50. The van der Waals surface area contributed by atoms with Crippen LogP contribution in [0.1, 0.15) is 38.4 Å². The lowest BCUT2D eigenvalue weighted by Gasteiger charge is -2.29. The highest BCUT2D eigenvalue weighted by atomic mass is 32.1. The zero-order chi connectivity index (χ0) is 14.2. The van der Waals surface area contributed by atoms with Gasteiger partial charge >= 0.3 is 0 Å². The van der Waals surface area contributed by atoms with Crippen molar-refractivity contribution in [2.75, 3.05) is 6.54 Å². The van der Waals surface area contributed by atoms with E-state index in [-0.39, 0.29) is 36.4 Å². The third-order valence-corrected chi connectivity index (χ3v) is 3.94. The van der Waals surface area contributed by atoms with Crippen LogP contribution in [-0.4, -0.2) is 34.3 Å². The summed E-state index contributed by atoms with van der Waals surface area (Å²) in [6.45, 7) is 8.54. The molecule has 1 aromatic heterocycles. The van der Waals surface area contributed by atoms with Crippen molar-refractivity contribution in [3.8, 4) is 0 Å². The van der Waals surface area contributed by atoms with Gasteiger partial charge in [0.05, 0.1) is 24.8 Å². The van der Waals surface area contributed by atoms with Crippen LogP contribution in [0.15, 0.2) is 5.38 Å². The second kappa shape index (κ2) is 5.02. The first kappa shape index (κ1) is 14.1. The van der Waals surface area contributed by atoms with Crippen LogP contribution in [0.4, 0.5) is 0 Å². The molecule has 0 aliphatic carbocycles. The number of carbonyl (C=O) groups excluding carboxylic acids is 2. The molecule has 1 unspecified atom stereocenters. The molecule has 1 atom stereocenters. The van der Waals surface area contributed by atoms with Gasteiger partial charge in [0.25, 0.3) is 0 Å². The van der Waals surface area contributed by atoms with Crippen LogP contribution in [-0.2, 0) is 21.5 Å². The molecule has 1 aliphatic heterocycles. The number of carbonyl (C=O) groups is 2. The number of piperazine rings is 1. The Morgan fingerprint density at radius 2 is 2.16 bits per heavy atom. The number of aromatic nitrogens is 1. The number of hydrogen-bond acceptors (Lipinski definition) is 5. The summed E-state index contributed by atoms with van der Waals surface area (Å²) in [4.78, 5) is 29.6. The predicted octanol–water partition coefficient (Wildman–Crippen LogP) is 1.29. The van der Waals surface area contributed by atoms with Crippen molar-refractivity contribution in [2.24, 2.45) is 0 Å². The number of nitrogens with zero attached hydrogens (tertiary/aromatic N) is 2. The van der Waals surface area contributed by atoms with Crippen LogP contribution in [0.3, 0.4) is 0 Å². The van der Waals surface area contributed by atoms with Crippen molar-refractivity contribution in [1.82, 2.24) is 15.2 Å². The van der Waals surface area contributed by atoms with Gasteiger partial charge < -0.3 is 0 Å². The summed E-state index contributed by atoms with van der Waals surface area (Å²) in [7, 11) is 0. The molecule has 104 valence electrons. The smallest absolute Gasteiger partial charge is 0.246 e. The summed E-state index contributed by atoms with van der Waals surface area (Å²) in [5, 5.41) is 5.67. The van der Waals surface area contributed by atoms with E-state index in [1.807, 2.05) is 5.38 Å². The third-order valence-electron chi connectivity index (χ3n) is 3.11. The topological polar surface area (TPSA) is 62.3 Å². The Hall–Kier alpha value is -1.27. The van der Waals surface area contributed by atoms with Crippen molar-refractivity contribution in [3.05, 3.63) is 16.1 Å². The summed E-state index contributed by atoms with van der Waals surface area (Å²) in [5.41, 5.74) is 0.982. The molecular formula is C13H19N3O2S. The molecule has 2 rings (SSSR count). The zero-order valence-corrected chi connectivity index (χ0v) is 12.5. The van der Waals surface area contributed by atoms with E-state index < -0.39 is 0 Å². The van der Waals surface area contributed by atoms with Crippen molar-refractivity contribution >= 4 is 23.2 Å². The van der Waals surface area contributed by atoms with Crippen LogP contribution >= 0.6 is 11.3 Å². The standard InChI is InChI=1S/C13H19N3O2S/c1-8-12(18)16(11(17)5-14-8)6-10-15-9(7-19-10)13(2,3)4/h7-8,14H,5-6H2,1-4H3. The number of rotatable bonds is 2. The molecule has 2 amide bonds. The van der Waals surface area contributed by atoms with Crippen LogP contribution in [0.2, 0.25) is 0 Å². The van der Waals surface area contributed by atoms with Gasteiger partial charge in [0.2, 0.25) is 11.8 Å². The van der Waals surface area contributed by atoms with Crippen LogP contribution in [0, 0.1) is 0 Å². The van der Waals surface area contributed by atoms with Gasteiger partial charge in [0.1, 0.15) is 5.01 Å². The van der Waals surface area contributed by atoms with Gasteiger partial charge in [0.15, 0.2) is 0 Å². The zero-order valence-electron chi connectivity index (χ0n) is 11.7. The Bertz CT molecular complexity index is 504. The largest absolute Gasteiger partial charge is 0.298 e. The molecule has 5 nitrogen and oxygen atoms in total. The monoisotopic (exact) mass is 281 g/mol. The van der Waals surface area contributed by atoms with E-state index in [2.05, 4.69) is 31.1 Å². The lowest BCUT2D eigenvalue weighted by molar-refractivity contribution is -0.149. The van der Waals surface area contributed by atoms with E-state index in [1.54, 1.807) is 6.92 Å². The summed E-state index contributed by atoms with van der Waals surface area (Å²) < 4.78 is 0. The van der Waals surface area contributed by atoms with Gasteiger partial charge in [-0.1, -0.05) is 20.8 Å². The Kier molecular flexibility index (Phi) is 3.73. The minimum absolute atomic E-state index is 0.0144. The number of hydrogen-bond donors (Lipinski definition) is 1. The molecule has 0 radical (unpaired) electrons. The normalized spacial score (nSPS) is 21.1. The molecule has 6 heteroatoms. The van der Waals surface area contributed by atoms with Crippen molar-refractivity contribution in [3.63, 3.8) is 0 Å². The summed E-state index contributed by atoms with van der Waals surface area (Å²) in [5.74, 6) is -0.362. The van der Waals surface area contributed by atoms with E-state index in [0.29, 0.717) is 0 Å². The molecule has 1 aliphatic rings. The number of thiazole rings is 1. The van der Waals surface area contributed by atoms with E-state index >= 15 is 0 Å². The maximum absolute atomic E-state index is 12.0. The maximum atomic E-state index is 12.0. The second-order valence-corrected chi connectivity index (χ2v) is 6.74. The van der Waals surface area contributed by atoms with Crippen LogP contribution in [0.5, 0.6) is 0 Å². The SMILES string of the molecule is CC1NCC(=O)N(Cc2nc(C(C)(C)C)cs2)C1=O. The first-order valence-corrected chi connectivity index (χ1v) is 7.19. The first-order valence-electron chi connectivity index (χ1n) is 6.31. The fraction of sp³-hybridized carbons (Fsp3) is 0.615. The summed E-state index contributed by atoms with van der Waals surface area (Å²) in [6.07, 6.45) is 0. The quantitative estimate of drug-likeness (QED) is 0.830. The first-order chi connectivity index (χ1) is 8.79. The lowest BCUT2D eigenvalue weighted by atomic mass is 9.93. The van der Waals surface area contributed by atoms with Gasteiger partial charge in [-0.2, -0.15) is 0 Å². The molecule has 0 bridgehead atoms. The highest BCUT2D eigenvalue weighted by molar-refractivity contribution is 7.09. The minimum atomic E-state index is -0.306. The predicted molar refractivity (Wildman–Crippen MR) is 73.8 cm³/mol. The molecule has 19 heavy (non-hydrogen) atoms. The fourth-order valence-electron chi connectivity index (χ4n) is 1.81. The fourth-order valence-corrected chi connectivity index (χ4v) is 2.82. The number of nitrogens with one attached hydrogen (secondary N) is 1. The van der Waals surface area contributed by atoms with E-state index in [4.69, 9.17) is 0 Å². The van der Waals surface area contributed by atoms with Gasteiger partial charge in [-0.25, -0.2) is 4.98 Å². The lowest BCUT2D eigenvalue weighted by Crippen LogP contribution is -2.56. The van der Waals surface area contributed by atoms with Crippen molar-refractivity contribution in [2.45, 2.75) is 45.7 Å². The molecular weight excluding hydrogens is 262 g/mol. The van der Waals surface area contributed by atoms with E-state index in [1.165, 1.54) is 16.2 Å². The van der Waals surface area contributed by atoms with Gasteiger partial charge in [-0.3, -0.25) is 19.8 Å². The van der Waals surface area contributed by atoms with Crippen molar-refractivity contribution < 1.29 is 9.59 Å². The maximum Gasteiger partial charge on any atom is 0.246 e. The Morgan fingerprint density at radius 3 is 2.74 bits per heavy atom.